The summed E-state index contributed by atoms with van der Waals surface area (Å²) in [6.07, 6.45) is 2.64. The largest absolute Gasteiger partial charge is 0.370 e. The van der Waals surface area contributed by atoms with Crippen LogP contribution in [0.1, 0.15) is 40.0 Å². The predicted octanol–water partition coefficient (Wildman–Crippen LogP) is 3.76. The van der Waals surface area contributed by atoms with Gasteiger partial charge in [-0.2, -0.15) is 4.20 Å². The molecule has 0 heterocycles. The van der Waals surface area contributed by atoms with Crippen molar-refractivity contribution in [2.75, 3.05) is 0 Å². The molecule has 1 aliphatic rings. The molecule has 0 bridgehead atoms. The highest BCUT2D eigenvalue weighted by atomic mass is 31.2. The molecule has 0 N–H and O–H groups in total. The number of hydrogen-bond donors (Lipinski definition) is 0. The second-order valence-corrected chi connectivity index (χ2v) is 6.55. The molecule has 0 saturated heterocycles. The van der Waals surface area contributed by atoms with Crippen molar-refractivity contribution in [2.24, 2.45) is 5.92 Å². The molecule has 1 aliphatic carbocycles. The van der Waals surface area contributed by atoms with Crippen LogP contribution in [0.4, 0.5) is 4.20 Å². The van der Waals surface area contributed by atoms with Gasteiger partial charge >= 0.3 is 7.68 Å². The van der Waals surface area contributed by atoms with Gasteiger partial charge in [0, 0.05) is 0 Å². The van der Waals surface area contributed by atoms with Crippen LogP contribution in [-0.4, -0.2) is 11.8 Å². The maximum Gasteiger partial charge on any atom is 0.370 e. The second-order valence-electron chi connectivity index (χ2n) is 4.26. The first kappa shape index (κ1) is 11.2. The lowest BCUT2D eigenvalue weighted by molar-refractivity contribution is 0.188. The van der Waals surface area contributed by atoms with Crippen LogP contribution in [0.2, 0.25) is 0 Å². The van der Waals surface area contributed by atoms with Gasteiger partial charge in [-0.3, -0.25) is 4.57 Å². The highest BCUT2D eigenvalue weighted by molar-refractivity contribution is 7.54. The molecule has 1 rings (SSSR count). The monoisotopic (exact) mass is 208 g/mol. The van der Waals surface area contributed by atoms with E-state index < -0.39 is 13.3 Å². The quantitative estimate of drug-likeness (QED) is 0.660. The lowest BCUT2D eigenvalue weighted by Gasteiger charge is -2.17. The van der Waals surface area contributed by atoms with Crippen molar-refractivity contribution in [3.05, 3.63) is 0 Å². The minimum Gasteiger partial charge on any atom is -0.302 e. The van der Waals surface area contributed by atoms with Crippen molar-refractivity contribution in [1.29, 1.82) is 0 Å². The van der Waals surface area contributed by atoms with Gasteiger partial charge < -0.3 is 4.52 Å². The zero-order valence-corrected chi connectivity index (χ0v) is 9.39. The molecule has 1 saturated carbocycles. The zero-order chi connectivity index (χ0) is 10.1. The summed E-state index contributed by atoms with van der Waals surface area (Å²) in [6, 6.07) is 0. The van der Waals surface area contributed by atoms with E-state index in [-0.39, 0.29) is 6.10 Å². The molecule has 0 spiro atoms. The summed E-state index contributed by atoms with van der Waals surface area (Å²) in [5.41, 5.74) is -0.511. The number of halogens is 1. The van der Waals surface area contributed by atoms with Gasteiger partial charge in [-0.05, 0) is 25.2 Å². The Morgan fingerprint density at radius 3 is 2.46 bits per heavy atom. The van der Waals surface area contributed by atoms with E-state index in [4.69, 9.17) is 4.52 Å². The van der Waals surface area contributed by atoms with Crippen LogP contribution in [-0.2, 0) is 9.09 Å². The smallest absolute Gasteiger partial charge is 0.302 e. The van der Waals surface area contributed by atoms with Crippen LogP contribution >= 0.6 is 7.68 Å². The molecule has 1 fully saturated rings. The first-order valence-electron chi connectivity index (χ1n) is 4.89. The Balaban J connectivity index is 2.45. The van der Waals surface area contributed by atoms with E-state index in [1.165, 1.54) is 0 Å². The van der Waals surface area contributed by atoms with E-state index in [1.807, 2.05) is 0 Å². The normalized spacial score (nSPS) is 33.6. The van der Waals surface area contributed by atoms with E-state index in [0.29, 0.717) is 5.92 Å². The molecule has 3 atom stereocenters. The third-order valence-electron chi connectivity index (χ3n) is 2.56. The van der Waals surface area contributed by atoms with Gasteiger partial charge in [-0.15, -0.1) is 0 Å². The summed E-state index contributed by atoms with van der Waals surface area (Å²) in [6.45, 7) is 5.31. The van der Waals surface area contributed by atoms with Crippen LogP contribution in [0.5, 0.6) is 0 Å². The van der Waals surface area contributed by atoms with Crippen LogP contribution in [0.25, 0.3) is 0 Å². The SMILES string of the molecule is CC1CCC(OP(=O)(F)C(C)C)C1. The van der Waals surface area contributed by atoms with Gasteiger partial charge in [0.1, 0.15) is 0 Å². The fourth-order valence-electron chi connectivity index (χ4n) is 1.58. The predicted molar refractivity (Wildman–Crippen MR) is 51.7 cm³/mol. The number of hydrogen-bond acceptors (Lipinski definition) is 2. The minimum atomic E-state index is -3.84. The molecule has 0 aromatic rings. The van der Waals surface area contributed by atoms with Crippen molar-refractivity contribution < 1.29 is 13.3 Å². The summed E-state index contributed by atoms with van der Waals surface area (Å²) in [7, 11) is -3.84. The van der Waals surface area contributed by atoms with E-state index in [9.17, 15) is 8.76 Å². The van der Waals surface area contributed by atoms with Crippen LogP contribution < -0.4 is 0 Å². The average molecular weight is 208 g/mol. The second kappa shape index (κ2) is 4.10. The molecule has 0 aromatic carbocycles. The average Bonchev–Trinajstić information content (AvgIpc) is 2.34. The Bertz CT molecular complexity index is 218. The van der Waals surface area contributed by atoms with Gasteiger partial charge in [0.2, 0.25) is 0 Å². The fourth-order valence-corrected chi connectivity index (χ4v) is 2.42. The minimum absolute atomic E-state index is 0.117. The summed E-state index contributed by atoms with van der Waals surface area (Å²) in [4.78, 5) is 0. The summed E-state index contributed by atoms with van der Waals surface area (Å²) < 4.78 is 29.6. The molecule has 0 aliphatic heterocycles. The van der Waals surface area contributed by atoms with Gasteiger partial charge in [-0.25, -0.2) is 0 Å². The third-order valence-corrected chi connectivity index (χ3v) is 4.38. The Morgan fingerprint density at radius 2 is 2.08 bits per heavy atom. The van der Waals surface area contributed by atoms with Crippen molar-refractivity contribution in [2.45, 2.75) is 51.8 Å². The van der Waals surface area contributed by atoms with Gasteiger partial charge in [-0.1, -0.05) is 20.8 Å². The van der Waals surface area contributed by atoms with Crippen LogP contribution in [0, 0.1) is 5.92 Å². The van der Waals surface area contributed by atoms with Crippen LogP contribution in [0.15, 0.2) is 0 Å². The van der Waals surface area contributed by atoms with Crippen molar-refractivity contribution in [3.8, 4) is 0 Å². The van der Waals surface area contributed by atoms with Crippen molar-refractivity contribution in [3.63, 3.8) is 0 Å². The topological polar surface area (TPSA) is 26.3 Å². The molecular formula is C9H18FO2P. The van der Waals surface area contributed by atoms with Gasteiger partial charge in [0.05, 0.1) is 11.8 Å². The zero-order valence-electron chi connectivity index (χ0n) is 8.50. The van der Waals surface area contributed by atoms with Crippen LogP contribution in [0.3, 0.4) is 0 Å². The Labute approximate surface area is 79.4 Å². The molecule has 0 aromatic heterocycles. The van der Waals surface area contributed by atoms with Gasteiger partial charge in [0.25, 0.3) is 0 Å². The van der Waals surface area contributed by atoms with Crippen molar-refractivity contribution >= 4 is 7.68 Å². The first-order valence-corrected chi connectivity index (χ1v) is 6.48. The molecule has 4 heteroatoms. The summed E-state index contributed by atoms with van der Waals surface area (Å²) in [5, 5.41) is 0. The standard InChI is InChI=1S/C9H18FO2P/c1-7(2)13(10,11)12-9-5-4-8(3)6-9/h7-9H,4-6H2,1-3H3. The molecule has 0 radical (unpaired) electrons. The Hall–Kier alpha value is 0.120. The fraction of sp³-hybridized carbons (Fsp3) is 1.00. The molecule has 13 heavy (non-hydrogen) atoms. The van der Waals surface area contributed by atoms with Gasteiger partial charge in [0.15, 0.2) is 0 Å². The highest BCUT2D eigenvalue weighted by Crippen LogP contribution is 2.55. The van der Waals surface area contributed by atoms with E-state index in [1.54, 1.807) is 13.8 Å². The molecule has 0 amide bonds. The maximum absolute atomic E-state index is 13.3. The summed E-state index contributed by atoms with van der Waals surface area (Å²) in [5.74, 6) is 0.581. The van der Waals surface area contributed by atoms with Crippen molar-refractivity contribution in [1.82, 2.24) is 0 Å². The Kier molecular flexibility index (Phi) is 3.53. The maximum atomic E-state index is 13.3. The first-order chi connectivity index (χ1) is 5.92. The molecule has 78 valence electrons. The van der Waals surface area contributed by atoms with E-state index >= 15 is 0 Å². The molecular weight excluding hydrogens is 190 g/mol. The lowest BCUT2D eigenvalue weighted by Crippen LogP contribution is -2.08. The highest BCUT2D eigenvalue weighted by Gasteiger charge is 2.33. The Morgan fingerprint density at radius 1 is 1.46 bits per heavy atom. The molecule has 3 unspecified atom stereocenters. The number of rotatable bonds is 3. The molecule has 2 nitrogen and oxygen atoms in total. The van der Waals surface area contributed by atoms with E-state index in [2.05, 4.69) is 6.92 Å². The van der Waals surface area contributed by atoms with E-state index in [0.717, 1.165) is 19.3 Å². The lowest BCUT2D eigenvalue weighted by atomic mass is 10.1. The third kappa shape index (κ3) is 3.07. The summed E-state index contributed by atoms with van der Waals surface area (Å²) >= 11 is 0.